The van der Waals surface area contributed by atoms with Crippen molar-refractivity contribution in [1.82, 2.24) is 10.2 Å². The zero-order chi connectivity index (χ0) is 30.7. The molecular formula is C29H33F3N2O7. The molecule has 41 heavy (non-hydrogen) atoms. The molecule has 2 aliphatic rings. The number of fused-ring (bicyclic) bond motifs is 1. The highest BCUT2D eigenvalue weighted by Gasteiger charge is 2.68. The Balaban J connectivity index is 0.000000587. The number of halogens is 3. The SMILES string of the molecule is CCN1C(=O)C2C(c3ccc(-c4ccccc4)c(OC)c3)N[C@@](CC(C)C)(C(=O)OC)C2C1=O.O=C(O)C(F)(F)F. The molecule has 222 valence electrons. The van der Waals surface area contributed by atoms with Crippen LogP contribution in [0.3, 0.4) is 0 Å². The van der Waals surface area contributed by atoms with Gasteiger partial charge in [0, 0.05) is 18.2 Å². The number of likely N-dealkylation sites (tertiary alicyclic amines) is 1. The van der Waals surface area contributed by atoms with Gasteiger partial charge in [0.15, 0.2) is 0 Å². The predicted molar refractivity (Wildman–Crippen MR) is 142 cm³/mol. The van der Waals surface area contributed by atoms with Gasteiger partial charge in [-0.15, -0.1) is 0 Å². The summed E-state index contributed by atoms with van der Waals surface area (Å²) in [5.41, 5.74) is 1.45. The van der Waals surface area contributed by atoms with E-state index in [0.29, 0.717) is 12.2 Å². The lowest BCUT2D eigenvalue weighted by Crippen LogP contribution is -2.57. The van der Waals surface area contributed by atoms with E-state index in [9.17, 15) is 27.6 Å². The largest absolute Gasteiger partial charge is 0.496 e. The summed E-state index contributed by atoms with van der Waals surface area (Å²) in [6.45, 7) is 6.03. The number of hydrogen-bond acceptors (Lipinski definition) is 7. The number of amides is 2. The minimum absolute atomic E-state index is 0.0968. The van der Waals surface area contributed by atoms with E-state index in [0.717, 1.165) is 16.7 Å². The Morgan fingerprint density at radius 1 is 1.07 bits per heavy atom. The van der Waals surface area contributed by atoms with E-state index in [1.807, 2.05) is 62.4 Å². The number of benzene rings is 2. The molecule has 2 saturated heterocycles. The minimum Gasteiger partial charge on any atom is -0.496 e. The summed E-state index contributed by atoms with van der Waals surface area (Å²) in [6, 6.07) is 15.1. The van der Waals surface area contributed by atoms with Crippen LogP contribution >= 0.6 is 0 Å². The van der Waals surface area contributed by atoms with Gasteiger partial charge in [0.25, 0.3) is 0 Å². The lowest BCUT2D eigenvalue weighted by Gasteiger charge is -2.33. The number of methoxy groups -OCH3 is 2. The number of hydrogen-bond donors (Lipinski definition) is 2. The van der Waals surface area contributed by atoms with Gasteiger partial charge in [-0.1, -0.05) is 56.3 Å². The predicted octanol–water partition coefficient (Wildman–Crippen LogP) is 4.22. The molecule has 2 aliphatic heterocycles. The molecule has 2 aromatic rings. The Labute approximate surface area is 235 Å². The number of carboxylic acids is 1. The van der Waals surface area contributed by atoms with Crippen molar-refractivity contribution in [3.8, 4) is 16.9 Å². The van der Waals surface area contributed by atoms with Crippen LogP contribution in [0.2, 0.25) is 0 Å². The van der Waals surface area contributed by atoms with Gasteiger partial charge in [0.1, 0.15) is 11.3 Å². The Hall–Kier alpha value is -3.93. The Bertz CT molecular complexity index is 1300. The second kappa shape index (κ2) is 12.3. The van der Waals surface area contributed by atoms with Crippen LogP contribution in [-0.2, 0) is 23.9 Å². The number of rotatable bonds is 7. The van der Waals surface area contributed by atoms with Crippen molar-refractivity contribution in [2.24, 2.45) is 17.8 Å². The third kappa shape index (κ3) is 6.07. The lowest BCUT2D eigenvalue weighted by atomic mass is 9.75. The van der Waals surface area contributed by atoms with Crippen molar-refractivity contribution in [3.63, 3.8) is 0 Å². The van der Waals surface area contributed by atoms with Crippen molar-refractivity contribution in [3.05, 3.63) is 54.1 Å². The molecule has 2 aromatic carbocycles. The first-order chi connectivity index (χ1) is 19.2. The van der Waals surface area contributed by atoms with Gasteiger partial charge < -0.3 is 14.6 Å². The number of aliphatic carboxylic acids is 1. The van der Waals surface area contributed by atoms with Gasteiger partial charge >= 0.3 is 18.1 Å². The van der Waals surface area contributed by atoms with Crippen LogP contribution in [0, 0.1) is 17.8 Å². The van der Waals surface area contributed by atoms with Crippen LogP contribution in [0.1, 0.15) is 38.8 Å². The first-order valence-corrected chi connectivity index (χ1v) is 13.0. The Morgan fingerprint density at radius 2 is 1.68 bits per heavy atom. The number of esters is 1. The number of imide groups is 1. The molecule has 4 atom stereocenters. The molecule has 2 amide bonds. The van der Waals surface area contributed by atoms with E-state index < -0.39 is 41.5 Å². The van der Waals surface area contributed by atoms with Crippen LogP contribution in [0.15, 0.2) is 48.5 Å². The monoisotopic (exact) mass is 578 g/mol. The molecule has 0 bridgehead atoms. The number of nitrogens with one attached hydrogen (secondary N) is 1. The highest BCUT2D eigenvalue weighted by molar-refractivity contribution is 6.09. The molecular weight excluding hydrogens is 545 g/mol. The highest BCUT2D eigenvalue weighted by Crippen LogP contribution is 2.51. The van der Waals surface area contributed by atoms with Gasteiger partial charge in [-0.25, -0.2) is 4.79 Å². The van der Waals surface area contributed by atoms with Crippen molar-refractivity contribution in [1.29, 1.82) is 0 Å². The zero-order valence-corrected chi connectivity index (χ0v) is 23.3. The summed E-state index contributed by atoms with van der Waals surface area (Å²) in [5, 5.41) is 10.5. The van der Waals surface area contributed by atoms with Gasteiger partial charge in [-0.2, -0.15) is 13.2 Å². The number of carboxylic acid groups (broad SMARTS) is 1. The summed E-state index contributed by atoms with van der Waals surface area (Å²) < 4.78 is 42.6. The van der Waals surface area contributed by atoms with Crippen molar-refractivity contribution in [2.45, 2.75) is 44.9 Å². The zero-order valence-electron chi connectivity index (χ0n) is 23.3. The molecule has 0 saturated carbocycles. The fourth-order valence-electron chi connectivity index (χ4n) is 5.70. The molecule has 0 radical (unpaired) electrons. The summed E-state index contributed by atoms with van der Waals surface area (Å²) in [5.74, 6) is -4.59. The van der Waals surface area contributed by atoms with E-state index in [1.165, 1.54) is 12.0 Å². The standard InChI is InChI=1S/C27H32N2O5.C2HF3O2/c1-6-29-24(30)21-22(25(29)31)27(15-16(2)3,26(32)34-5)28-23(21)18-12-13-19(20(14-18)33-4)17-10-8-7-9-11-17;3-2(4,5)1(6)7/h7-14,16,21-23,28H,6,15H2,1-5H3;(H,6,7)/t21?,22?,23?,27-;/m1./s1. The summed E-state index contributed by atoms with van der Waals surface area (Å²) in [7, 11) is 2.93. The van der Waals surface area contributed by atoms with Crippen molar-refractivity contribution >= 4 is 23.8 Å². The normalized spacial score (nSPS) is 23.6. The van der Waals surface area contributed by atoms with Gasteiger partial charge in [0.2, 0.25) is 11.8 Å². The fourth-order valence-corrected chi connectivity index (χ4v) is 5.70. The van der Waals surface area contributed by atoms with E-state index in [-0.39, 0.29) is 24.3 Å². The number of carbonyl (C=O) groups excluding carboxylic acids is 3. The Kier molecular flexibility index (Phi) is 9.47. The van der Waals surface area contributed by atoms with Crippen LogP contribution in [0.4, 0.5) is 13.2 Å². The lowest BCUT2D eigenvalue weighted by molar-refractivity contribution is -0.192. The van der Waals surface area contributed by atoms with E-state index in [2.05, 4.69) is 5.32 Å². The van der Waals surface area contributed by atoms with Crippen molar-refractivity contribution < 1.29 is 46.9 Å². The summed E-state index contributed by atoms with van der Waals surface area (Å²) in [6.07, 6.45) is -4.70. The third-order valence-electron chi connectivity index (χ3n) is 7.25. The molecule has 0 aliphatic carbocycles. The second-order valence-electron chi connectivity index (χ2n) is 10.2. The van der Waals surface area contributed by atoms with Crippen LogP contribution in [-0.4, -0.2) is 66.2 Å². The van der Waals surface area contributed by atoms with Gasteiger partial charge in [-0.05, 0) is 36.5 Å². The molecule has 0 aromatic heterocycles. The number of carbonyl (C=O) groups is 4. The topological polar surface area (TPSA) is 122 Å². The fraction of sp³-hybridized carbons (Fsp3) is 0.448. The quantitative estimate of drug-likeness (QED) is 0.370. The molecule has 9 nitrogen and oxygen atoms in total. The second-order valence-corrected chi connectivity index (χ2v) is 10.2. The van der Waals surface area contributed by atoms with Gasteiger partial charge in [0.05, 0.1) is 26.1 Å². The van der Waals surface area contributed by atoms with Crippen LogP contribution in [0.5, 0.6) is 5.75 Å². The van der Waals surface area contributed by atoms with Gasteiger partial charge in [-0.3, -0.25) is 24.6 Å². The summed E-state index contributed by atoms with van der Waals surface area (Å²) >= 11 is 0. The minimum atomic E-state index is -5.08. The molecule has 2 heterocycles. The average molecular weight is 579 g/mol. The number of ether oxygens (including phenoxy) is 2. The number of alkyl halides is 3. The molecule has 12 heteroatoms. The molecule has 0 spiro atoms. The maximum atomic E-state index is 13.4. The summed E-state index contributed by atoms with van der Waals surface area (Å²) in [4.78, 5) is 50.2. The van der Waals surface area contributed by atoms with Crippen LogP contribution in [0.25, 0.3) is 11.1 Å². The van der Waals surface area contributed by atoms with Crippen molar-refractivity contribution in [2.75, 3.05) is 20.8 Å². The third-order valence-corrected chi connectivity index (χ3v) is 7.25. The molecule has 2 N–H and O–H groups in total. The van der Waals surface area contributed by atoms with E-state index >= 15 is 0 Å². The van der Waals surface area contributed by atoms with E-state index in [4.69, 9.17) is 19.4 Å². The van der Waals surface area contributed by atoms with E-state index in [1.54, 1.807) is 14.0 Å². The first-order valence-electron chi connectivity index (χ1n) is 13.0. The molecule has 3 unspecified atom stereocenters. The van der Waals surface area contributed by atoms with Crippen LogP contribution < -0.4 is 10.1 Å². The highest BCUT2D eigenvalue weighted by atomic mass is 19.4. The molecule has 4 rings (SSSR count). The Morgan fingerprint density at radius 3 is 2.17 bits per heavy atom. The smallest absolute Gasteiger partial charge is 0.490 e. The average Bonchev–Trinajstić information content (AvgIpc) is 3.40. The number of nitrogens with zero attached hydrogens (tertiary/aromatic N) is 1. The first kappa shape index (κ1) is 31.6. The maximum absolute atomic E-state index is 13.4. The molecule has 2 fully saturated rings. The maximum Gasteiger partial charge on any atom is 0.490 e.